The van der Waals surface area contributed by atoms with E-state index >= 15 is 0 Å². The number of likely N-dealkylation sites (tertiary alicyclic amines) is 1. The van der Waals surface area contributed by atoms with Crippen LogP contribution in [0.2, 0.25) is 0 Å². The second kappa shape index (κ2) is 8.67. The van der Waals surface area contributed by atoms with Crippen molar-refractivity contribution >= 4 is 5.91 Å². The average Bonchev–Trinajstić information content (AvgIpc) is 2.67. The number of carbonyl (C=O) groups is 1. The lowest BCUT2D eigenvalue weighted by molar-refractivity contribution is -0.134. The number of rotatable bonds is 6. The predicted molar refractivity (Wildman–Crippen MR) is 110 cm³/mol. The summed E-state index contributed by atoms with van der Waals surface area (Å²) in [5.41, 5.74) is 2.09. The fraction of sp³-hybridized carbons (Fsp3) is 0.545. The number of piperidine rings is 1. The first-order valence-corrected chi connectivity index (χ1v) is 10.2. The van der Waals surface area contributed by atoms with E-state index in [2.05, 4.69) is 28.8 Å². The van der Waals surface area contributed by atoms with Gasteiger partial charge in [0.2, 0.25) is 5.91 Å². The zero-order valence-electron chi connectivity index (χ0n) is 17.1. The first-order chi connectivity index (χ1) is 13.4. The van der Waals surface area contributed by atoms with Crippen molar-refractivity contribution in [3.8, 4) is 11.4 Å². The number of H-pyrrole nitrogens is 1. The number of nitrogens with one attached hydrogen (secondary N) is 1. The normalized spacial score (nSPS) is 19.6. The fourth-order valence-electron chi connectivity index (χ4n) is 4.27. The van der Waals surface area contributed by atoms with Crippen LogP contribution in [0.4, 0.5) is 0 Å². The number of hydrogen-bond donors (Lipinski definition) is 1. The van der Waals surface area contributed by atoms with E-state index in [9.17, 15) is 9.59 Å². The highest BCUT2D eigenvalue weighted by Crippen LogP contribution is 2.34. The molecule has 3 rings (SSSR count). The number of pyridine rings is 1. The Morgan fingerprint density at radius 3 is 2.89 bits per heavy atom. The third kappa shape index (κ3) is 4.66. The molecule has 1 aliphatic heterocycles. The minimum atomic E-state index is -0.173. The van der Waals surface area contributed by atoms with E-state index in [0.29, 0.717) is 29.9 Å². The van der Waals surface area contributed by atoms with Crippen LogP contribution in [0.3, 0.4) is 0 Å². The molecular weight excluding hydrogens is 352 g/mol. The standard InChI is InChI=1S/C22H30N4O2/c1-4-10-22(3)11-6-13-26(15-22)19(27)9-8-18-16(2)24-20(25-21(18)28)17-7-5-12-23-14-17/h5,7,12,14H,4,6,8-11,13,15H2,1-3H3,(H,24,25,28). The molecule has 1 fully saturated rings. The Bertz CT molecular complexity index is 874. The summed E-state index contributed by atoms with van der Waals surface area (Å²) < 4.78 is 0. The van der Waals surface area contributed by atoms with Crippen LogP contribution in [0.5, 0.6) is 0 Å². The summed E-state index contributed by atoms with van der Waals surface area (Å²) in [5, 5.41) is 0. The molecule has 0 spiro atoms. The van der Waals surface area contributed by atoms with Crippen molar-refractivity contribution in [1.29, 1.82) is 0 Å². The summed E-state index contributed by atoms with van der Waals surface area (Å²) in [4.78, 5) is 38.7. The fourth-order valence-corrected chi connectivity index (χ4v) is 4.27. The van der Waals surface area contributed by atoms with Gasteiger partial charge in [-0.3, -0.25) is 14.6 Å². The van der Waals surface area contributed by atoms with Crippen molar-refractivity contribution in [2.24, 2.45) is 5.41 Å². The van der Waals surface area contributed by atoms with Gasteiger partial charge in [-0.2, -0.15) is 0 Å². The Kier molecular flexibility index (Phi) is 6.27. The summed E-state index contributed by atoms with van der Waals surface area (Å²) in [6.45, 7) is 7.96. The molecule has 2 aromatic rings. The molecule has 1 atom stereocenters. The van der Waals surface area contributed by atoms with Gasteiger partial charge in [0.05, 0.1) is 0 Å². The smallest absolute Gasteiger partial charge is 0.254 e. The van der Waals surface area contributed by atoms with E-state index in [-0.39, 0.29) is 16.9 Å². The quantitative estimate of drug-likeness (QED) is 0.829. The van der Waals surface area contributed by atoms with Crippen molar-refractivity contribution < 1.29 is 4.79 Å². The third-order valence-electron chi connectivity index (χ3n) is 5.73. The molecule has 0 radical (unpaired) electrons. The van der Waals surface area contributed by atoms with Crippen LogP contribution in [-0.2, 0) is 11.2 Å². The lowest BCUT2D eigenvalue weighted by Gasteiger charge is -2.40. The molecule has 6 nitrogen and oxygen atoms in total. The number of aromatic nitrogens is 3. The third-order valence-corrected chi connectivity index (χ3v) is 5.73. The monoisotopic (exact) mass is 382 g/mol. The van der Waals surface area contributed by atoms with Gasteiger partial charge in [-0.05, 0) is 50.2 Å². The summed E-state index contributed by atoms with van der Waals surface area (Å²) >= 11 is 0. The van der Waals surface area contributed by atoms with Gasteiger partial charge in [0, 0.05) is 48.7 Å². The van der Waals surface area contributed by atoms with Gasteiger partial charge < -0.3 is 9.88 Å². The second-order valence-corrected chi connectivity index (χ2v) is 8.20. The van der Waals surface area contributed by atoms with Crippen molar-refractivity contribution in [2.45, 2.75) is 59.3 Å². The van der Waals surface area contributed by atoms with Crippen molar-refractivity contribution in [2.75, 3.05) is 13.1 Å². The summed E-state index contributed by atoms with van der Waals surface area (Å²) in [6.07, 6.45) is 8.65. The molecule has 1 aliphatic rings. The Labute approximate surface area is 166 Å². The van der Waals surface area contributed by atoms with Gasteiger partial charge >= 0.3 is 0 Å². The first kappa shape index (κ1) is 20.2. The molecule has 0 bridgehead atoms. The number of aryl methyl sites for hydroxylation is 1. The van der Waals surface area contributed by atoms with Gasteiger partial charge in [0.25, 0.3) is 5.56 Å². The molecule has 6 heteroatoms. The molecule has 0 aliphatic carbocycles. The number of aromatic amines is 1. The molecule has 150 valence electrons. The highest BCUT2D eigenvalue weighted by atomic mass is 16.2. The molecule has 28 heavy (non-hydrogen) atoms. The SMILES string of the molecule is CCCC1(C)CCCN(C(=O)CCc2c(C)nc(-c3cccnc3)[nH]c2=O)C1. The Balaban J connectivity index is 1.67. The molecule has 3 heterocycles. The Hall–Kier alpha value is -2.50. The molecule has 1 unspecified atom stereocenters. The number of nitrogens with zero attached hydrogens (tertiary/aromatic N) is 3. The van der Waals surface area contributed by atoms with Crippen molar-refractivity contribution in [3.05, 3.63) is 46.1 Å². The summed E-state index contributed by atoms with van der Waals surface area (Å²) in [7, 11) is 0. The minimum absolute atomic E-state index is 0.136. The van der Waals surface area contributed by atoms with Gasteiger partial charge in [-0.25, -0.2) is 4.98 Å². The Morgan fingerprint density at radius 1 is 1.39 bits per heavy atom. The zero-order valence-corrected chi connectivity index (χ0v) is 17.1. The van der Waals surface area contributed by atoms with Crippen LogP contribution in [0, 0.1) is 12.3 Å². The van der Waals surface area contributed by atoms with E-state index in [1.54, 1.807) is 12.4 Å². The molecule has 1 N–H and O–H groups in total. The molecule has 2 aromatic heterocycles. The van der Waals surface area contributed by atoms with E-state index in [4.69, 9.17) is 0 Å². The predicted octanol–water partition coefficient (Wildman–Crippen LogP) is 3.50. The topological polar surface area (TPSA) is 79.0 Å². The minimum Gasteiger partial charge on any atom is -0.342 e. The van der Waals surface area contributed by atoms with Crippen LogP contribution >= 0.6 is 0 Å². The van der Waals surface area contributed by atoms with E-state index in [1.807, 2.05) is 24.0 Å². The van der Waals surface area contributed by atoms with Crippen molar-refractivity contribution in [3.63, 3.8) is 0 Å². The lowest BCUT2D eigenvalue weighted by atomic mass is 9.78. The average molecular weight is 383 g/mol. The number of carbonyl (C=O) groups excluding carboxylic acids is 1. The lowest BCUT2D eigenvalue weighted by Crippen LogP contribution is -2.45. The first-order valence-electron chi connectivity index (χ1n) is 10.2. The van der Waals surface area contributed by atoms with Crippen LogP contribution in [0.15, 0.2) is 29.3 Å². The van der Waals surface area contributed by atoms with Gasteiger partial charge in [0.15, 0.2) is 0 Å². The van der Waals surface area contributed by atoms with E-state index in [1.165, 1.54) is 6.42 Å². The van der Waals surface area contributed by atoms with Crippen LogP contribution in [-0.4, -0.2) is 38.8 Å². The molecule has 0 aromatic carbocycles. The van der Waals surface area contributed by atoms with E-state index in [0.717, 1.165) is 37.9 Å². The Morgan fingerprint density at radius 2 is 2.21 bits per heavy atom. The zero-order chi connectivity index (χ0) is 20.1. The van der Waals surface area contributed by atoms with Crippen LogP contribution in [0.25, 0.3) is 11.4 Å². The largest absolute Gasteiger partial charge is 0.342 e. The second-order valence-electron chi connectivity index (χ2n) is 8.20. The summed E-state index contributed by atoms with van der Waals surface area (Å²) in [6, 6.07) is 3.67. The maximum atomic E-state index is 12.8. The van der Waals surface area contributed by atoms with Crippen LogP contribution in [0.1, 0.15) is 57.2 Å². The number of amides is 1. The van der Waals surface area contributed by atoms with Crippen LogP contribution < -0.4 is 5.56 Å². The molecule has 1 saturated heterocycles. The maximum Gasteiger partial charge on any atom is 0.254 e. The van der Waals surface area contributed by atoms with Gasteiger partial charge in [-0.15, -0.1) is 0 Å². The van der Waals surface area contributed by atoms with E-state index < -0.39 is 0 Å². The molecular formula is C22H30N4O2. The van der Waals surface area contributed by atoms with Gasteiger partial charge in [0.1, 0.15) is 5.82 Å². The van der Waals surface area contributed by atoms with Gasteiger partial charge in [-0.1, -0.05) is 20.3 Å². The highest BCUT2D eigenvalue weighted by molar-refractivity contribution is 5.76. The summed E-state index contributed by atoms with van der Waals surface area (Å²) in [5.74, 6) is 0.647. The highest BCUT2D eigenvalue weighted by Gasteiger charge is 2.32. The van der Waals surface area contributed by atoms with Crippen molar-refractivity contribution in [1.82, 2.24) is 19.9 Å². The maximum absolute atomic E-state index is 12.8. The number of hydrogen-bond acceptors (Lipinski definition) is 4. The molecule has 1 amide bonds. The molecule has 0 saturated carbocycles.